The number of rotatable bonds is 3. The van der Waals surface area contributed by atoms with Crippen LogP contribution in [0.3, 0.4) is 0 Å². The number of aromatic nitrogens is 1. The minimum Gasteiger partial charge on any atom is -0.342 e. The quantitative estimate of drug-likeness (QED) is 0.770. The number of nitrogens with one attached hydrogen (secondary N) is 1. The van der Waals surface area contributed by atoms with Crippen molar-refractivity contribution in [1.82, 2.24) is 20.1 Å². The summed E-state index contributed by atoms with van der Waals surface area (Å²) in [5, 5.41) is 2.84. The van der Waals surface area contributed by atoms with Crippen molar-refractivity contribution >= 4 is 12.4 Å². The average Bonchev–Trinajstić information content (AvgIpc) is 2.46. The third kappa shape index (κ3) is 3.19. The van der Waals surface area contributed by atoms with Gasteiger partial charge in [-0.1, -0.05) is 6.07 Å². The second-order valence-electron chi connectivity index (χ2n) is 4.15. The lowest BCUT2D eigenvalue weighted by Gasteiger charge is -2.32. The number of piperazine rings is 1. The van der Waals surface area contributed by atoms with E-state index in [9.17, 15) is 9.59 Å². The van der Waals surface area contributed by atoms with Crippen molar-refractivity contribution in [2.75, 3.05) is 26.2 Å². The topological polar surface area (TPSA) is 65.5 Å². The van der Waals surface area contributed by atoms with Gasteiger partial charge in [0.1, 0.15) is 0 Å². The molecule has 3 amide bonds. The Balaban J connectivity index is 1.77. The number of carbonyl (C=O) groups excluding carboxylic acids is 2. The molecule has 0 atom stereocenters. The summed E-state index contributed by atoms with van der Waals surface area (Å²) in [6.07, 6.45) is 4.25. The van der Waals surface area contributed by atoms with Crippen molar-refractivity contribution in [3.05, 3.63) is 30.1 Å². The smallest absolute Gasteiger partial charge is 0.317 e. The molecule has 0 saturated carbocycles. The van der Waals surface area contributed by atoms with Gasteiger partial charge in [0.25, 0.3) is 0 Å². The molecule has 6 nitrogen and oxygen atoms in total. The lowest BCUT2D eigenvalue weighted by atomic mass is 10.3. The molecule has 1 N–H and O–H groups in total. The van der Waals surface area contributed by atoms with E-state index in [1.807, 2.05) is 12.1 Å². The molecule has 2 rings (SSSR count). The lowest BCUT2D eigenvalue weighted by molar-refractivity contribution is -0.119. The zero-order valence-corrected chi connectivity index (χ0v) is 10.1. The van der Waals surface area contributed by atoms with Crippen molar-refractivity contribution in [1.29, 1.82) is 0 Å². The first-order valence-corrected chi connectivity index (χ1v) is 5.90. The highest BCUT2D eigenvalue weighted by molar-refractivity contribution is 5.74. The van der Waals surface area contributed by atoms with E-state index in [2.05, 4.69) is 10.3 Å². The van der Waals surface area contributed by atoms with Gasteiger partial charge >= 0.3 is 6.03 Å². The number of hydrogen-bond acceptors (Lipinski definition) is 3. The number of nitrogens with zero attached hydrogens (tertiary/aromatic N) is 3. The van der Waals surface area contributed by atoms with E-state index >= 15 is 0 Å². The second-order valence-corrected chi connectivity index (χ2v) is 4.15. The highest BCUT2D eigenvalue weighted by atomic mass is 16.2. The van der Waals surface area contributed by atoms with Gasteiger partial charge in [-0.25, -0.2) is 4.79 Å². The summed E-state index contributed by atoms with van der Waals surface area (Å²) >= 11 is 0. The van der Waals surface area contributed by atoms with Crippen LogP contribution in [0, 0.1) is 0 Å². The Bertz CT molecular complexity index is 402. The largest absolute Gasteiger partial charge is 0.342 e. The number of carbonyl (C=O) groups is 2. The Morgan fingerprint density at radius 1 is 1.39 bits per heavy atom. The second kappa shape index (κ2) is 6.00. The first-order valence-electron chi connectivity index (χ1n) is 5.90. The van der Waals surface area contributed by atoms with Gasteiger partial charge in [-0.3, -0.25) is 9.78 Å². The molecular weight excluding hydrogens is 232 g/mol. The predicted octanol–water partition coefficient (Wildman–Crippen LogP) is 0.0652. The summed E-state index contributed by atoms with van der Waals surface area (Å²) in [6, 6.07) is 3.66. The number of urea groups is 1. The first-order chi connectivity index (χ1) is 8.79. The fourth-order valence-corrected chi connectivity index (χ4v) is 1.82. The molecule has 1 saturated heterocycles. The Hall–Kier alpha value is -2.11. The zero-order valence-electron chi connectivity index (χ0n) is 10.1. The summed E-state index contributed by atoms with van der Waals surface area (Å²) in [5.41, 5.74) is 0.970. The Morgan fingerprint density at radius 3 is 2.78 bits per heavy atom. The lowest BCUT2D eigenvalue weighted by Crippen LogP contribution is -2.51. The predicted molar refractivity (Wildman–Crippen MR) is 65.7 cm³/mol. The van der Waals surface area contributed by atoms with Crippen LogP contribution >= 0.6 is 0 Å². The molecule has 0 bridgehead atoms. The van der Waals surface area contributed by atoms with E-state index in [1.165, 1.54) is 0 Å². The Kier molecular flexibility index (Phi) is 4.11. The molecule has 0 spiro atoms. The Morgan fingerprint density at radius 2 is 2.17 bits per heavy atom. The van der Waals surface area contributed by atoms with Crippen molar-refractivity contribution in [2.45, 2.75) is 6.54 Å². The van der Waals surface area contributed by atoms with E-state index in [0.717, 1.165) is 12.0 Å². The highest BCUT2D eigenvalue weighted by Gasteiger charge is 2.19. The van der Waals surface area contributed by atoms with Crippen LogP contribution in [0.4, 0.5) is 4.79 Å². The van der Waals surface area contributed by atoms with Gasteiger partial charge in [-0.2, -0.15) is 0 Å². The molecule has 96 valence electrons. The van der Waals surface area contributed by atoms with Crippen LogP contribution in [0.1, 0.15) is 5.56 Å². The summed E-state index contributed by atoms with van der Waals surface area (Å²) in [6.45, 7) is 2.84. The zero-order chi connectivity index (χ0) is 12.8. The molecule has 0 radical (unpaired) electrons. The van der Waals surface area contributed by atoms with Gasteiger partial charge in [0.2, 0.25) is 6.41 Å². The van der Waals surface area contributed by atoms with Gasteiger partial charge in [0.15, 0.2) is 0 Å². The normalized spacial score (nSPS) is 15.3. The number of amides is 3. The van der Waals surface area contributed by atoms with Crippen LogP contribution in [0.25, 0.3) is 0 Å². The van der Waals surface area contributed by atoms with Crippen LogP contribution in [-0.4, -0.2) is 53.4 Å². The summed E-state index contributed by atoms with van der Waals surface area (Å²) in [7, 11) is 0. The minimum absolute atomic E-state index is 0.0931. The third-order valence-corrected chi connectivity index (χ3v) is 2.92. The molecule has 0 aromatic carbocycles. The van der Waals surface area contributed by atoms with Gasteiger partial charge < -0.3 is 15.1 Å². The molecule has 18 heavy (non-hydrogen) atoms. The van der Waals surface area contributed by atoms with Crippen molar-refractivity contribution in [3.8, 4) is 0 Å². The third-order valence-electron chi connectivity index (χ3n) is 2.92. The van der Waals surface area contributed by atoms with E-state index in [4.69, 9.17) is 0 Å². The van der Waals surface area contributed by atoms with E-state index in [-0.39, 0.29) is 6.03 Å². The van der Waals surface area contributed by atoms with E-state index in [1.54, 1.807) is 22.2 Å². The van der Waals surface area contributed by atoms with Gasteiger partial charge in [-0.05, 0) is 11.6 Å². The van der Waals surface area contributed by atoms with E-state index in [0.29, 0.717) is 32.7 Å². The maximum atomic E-state index is 11.9. The first kappa shape index (κ1) is 12.3. The standard InChI is InChI=1S/C12H16N4O2/c17-10-15-4-6-16(7-5-15)12(18)14-9-11-2-1-3-13-8-11/h1-3,8,10H,4-7,9H2,(H,14,18). The van der Waals surface area contributed by atoms with Crippen molar-refractivity contribution in [3.63, 3.8) is 0 Å². The molecule has 1 aliphatic heterocycles. The van der Waals surface area contributed by atoms with Crippen LogP contribution < -0.4 is 5.32 Å². The van der Waals surface area contributed by atoms with Gasteiger partial charge in [-0.15, -0.1) is 0 Å². The minimum atomic E-state index is -0.0931. The van der Waals surface area contributed by atoms with Crippen LogP contribution in [0.2, 0.25) is 0 Å². The highest BCUT2D eigenvalue weighted by Crippen LogP contribution is 2.01. The van der Waals surface area contributed by atoms with Crippen LogP contribution in [0.5, 0.6) is 0 Å². The molecule has 1 aromatic rings. The van der Waals surface area contributed by atoms with Gasteiger partial charge in [0, 0.05) is 45.1 Å². The molecular formula is C12H16N4O2. The fourth-order valence-electron chi connectivity index (χ4n) is 1.82. The van der Waals surface area contributed by atoms with Crippen molar-refractivity contribution < 1.29 is 9.59 Å². The summed E-state index contributed by atoms with van der Waals surface area (Å²) in [4.78, 5) is 29.8. The SMILES string of the molecule is O=CN1CCN(C(=O)NCc2cccnc2)CC1. The van der Waals surface area contributed by atoms with Crippen LogP contribution in [-0.2, 0) is 11.3 Å². The van der Waals surface area contributed by atoms with Gasteiger partial charge in [0.05, 0.1) is 0 Å². The fraction of sp³-hybridized carbons (Fsp3) is 0.417. The molecule has 1 aliphatic rings. The average molecular weight is 248 g/mol. The maximum absolute atomic E-state index is 11.9. The summed E-state index contributed by atoms with van der Waals surface area (Å²) in [5.74, 6) is 0. The molecule has 6 heteroatoms. The van der Waals surface area contributed by atoms with Crippen LogP contribution in [0.15, 0.2) is 24.5 Å². The Labute approximate surface area is 106 Å². The maximum Gasteiger partial charge on any atom is 0.317 e. The molecule has 1 fully saturated rings. The molecule has 2 heterocycles. The summed E-state index contributed by atoms with van der Waals surface area (Å²) < 4.78 is 0. The molecule has 0 aliphatic carbocycles. The van der Waals surface area contributed by atoms with Crippen molar-refractivity contribution in [2.24, 2.45) is 0 Å². The number of hydrogen-bond donors (Lipinski definition) is 1. The van der Waals surface area contributed by atoms with E-state index < -0.39 is 0 Å². The molecule has 1 aromatic heterocycles. The number of pyridine rings is 1. The monoisotopic (exact) mass is 248 g/mol. The molecule has 0 unspecified atom stereocenters.